The van der Waals surface area contributed by atoms with Gasteiger partial charge in [0.05, 0.1) is 12.7 Å². The lowest BCUT2D eigenvalue weighted by molar-refractivity contribution is -0.114. The smallest absolute Gasteiger partial charge is 0.248 e. The predicted octanol–water partition coefficient (Wildman–Crippen LogP) is -2.24. The molecular weight excluding hydrogens is 266 g/mol. The highest BCUT2D eigenvalue weighted by Gasteiger charge is 2.30. The Hall–Kier alpha value is -1.51. The second-order valence-electron chi connectivity index (χ2n) is 4.52. The number of carbonyl (C=O) groups is 1. The quantitative estimate of drug-likeness (QED) is 0.334. The Labute approximate surface area is 115 Å². The molecule has 0 saturated carbocycles. The van der Waals surface area contributed by atoms with E-state index in [1.165, 1.54) is 6.07 Å². The van der Waals surface area contributed by atoms with Crippen molar-refractivity contribution in [1.82, 2.24) is 0 Å². The molecule has 7 N–H and O–H groups in total. The molecule has 1 rings (SSSR count). The molecule has 7 nitrogen and oxygen atoms in total. The summed E-state index contributed by atoms with van der Waals surface area (Å²) in [5.41, 5.74) is 5.81. The number of amides is 1. The van der Waals surface area contributed by atoms with Gasteiger partial charge in [0, 0.05) is 12.0 Å². The van der Waals surface area contributed by atoms with Gasteiger partial charge in [-0.2, -0.15) is 0 Å². The Morgan fingerprint density at radius 2 is 1.60 bits per heavy atom. The van der Waals surface area contributed by atoms with Crippen molar-refractivity contribution in [3.05, 3.63) is 35.4 Å². The number of primary amides is 1. The topological polar surface area (TPSA) is 144 Å². The molecule has 0 aliphatic carbocycles. The summed E-state index contributed by atoms with van der Waals surface area (Å²) in [6.07, 6.45) is -6.48. The fourth-order valence-corrected chi connectivity index (χ4v) is 1.85. The third kappa shape index (κ3) is 3.99. The summed E-state index contributed by atoms with van der Waals surface area (Å²) in [6, 6.07) is 6.29. The zero-order valence-corrected chi connectivity index (χ0v) is 10.8. The minimum absolute atomic E-state index is 0.129. The van der Waals surface area contributed by atoms with Gasteiger partial charge in [-0.1, -0.05) is 18.2 Å². The number of carbonyl (C=O) groups excluding carboxylic acids is 1. The molecule has 7 heteroatoms. The van der Waals surface area contributed by atoms with E-state index in [1.54, 1.807) is 18.2 Å². The van der Waals surface area contributed by atoms with Crippen molar-refractivity contribution >= 4 is 5.91 Å². The number of aliphatic hydroxyl groups is 5. The average Bonchev–Trinajstić information content (AvgIpc) is 2.45. The second kappa shape index (κ2) is 7.32. The van der Waals surface area contributed by atoms with Gasteiger partial charge >= 0.3 is 0 Å². The Morgan fingerprint density at radius 1 is 1.05 bits per heavy atom. The summed E-state index contributed by atoms with van der Waals surface area (Å²) in [4.78, 5) is 11.2. The SMILES string of the molecule is NC(=O)c1ccccc1C[C@H](O)[C@@H](O)[C@H](O)[C@H](O)CO. The molecule has 0 radical (unpaired) electrons. The Balaban J connectivity index is 2.80. The van der Waals surface area contributed by atoms with E-state index in [9.17, 15) is 25.2 Å². The van der Waals surface area contributed by atoms with Crippen molar-refractivity contribution < 1.29 is 30.3 Å². The lowest BCUT2D eigenvalue weighted by Crippen LogP contribution is -2.46. The largest absolute Gasteiger partial charge is 0.394 e. The van der Waals surface area contributed by atoms with E-state index in [4.69, 9.17) is 10.8 Å². The lowest BCUT2D eigenvalue weighted by Gasteiger charge is -2.26. The van der Waals surface area contributed by atoms with Crippen LogP contribution in [-0.2, 0) is 6.42 Å². The van der Waals surface area contributed by atoms with Crippen molar-refractivity contribution in [1.29, 1.82) is 0 Å². The van der Waals surface area contributed by atoms with Gasteiger partial charge < -0.3 is 31.3 Å². The van der Waals surface area contributed by atoms with Crippen LogP contribution in [0.15, 0.2) is 24.3 Å². The molecule has 0 heterocycles. The second-order valence-corrected chi connectivity index (χ2v) is 4.52. The number of benzene rings is 1. The van der Waals surface area contributed by atoms with E-state index >= 15 is 0 Å². The van der Waals surface area contributed by atoms with Gasteiger partial charge in [0.2, 0.25) is 5.91 Å². The van der Waals surface area contributed by atoms with E-state index in [1.807, 2.05) is 0 Å². The first kappa shape index (κ1) is 16.5. The Kier molecular flexibility index (Phi) is 6.05. The van der Waals surface area contributed by atoms with Gasteiger partial charge in [-0.25, -0.2) is 0 Å². The highest BCUT2D eigenvalue weighted by Crippen LogP contribution is 2.14. The van der Waals surface area contributed by atoms with Crippen LogP contribution < -0.4 is 5.73 Å². The molecular formula is C13H19NO6. The average molecular weight is 285 g/mol. The van der Waals surface area contributed by atoms with Crippen LogP contribution in [0.4, 0.5) is 0 Å². The molecule has 0 bridgehead atoms. The summed E-state index contributed by atoms with van der Waals surface area (Å²) in [7, 11) is 0. The van der Waals surface area contributed by atoms with E-state index in [-0.39, 0.29) is 12.0 Å². The van der Waals surface area contributed by atoms with E-state index in [2.05, 4.69) is 0 Å². The highest BCUT2D eigenvalue weighted by atomic mass is 16.4. The van der Waals surface area contributed by atoms with Crippen molar-refractivity contribution in [3.8, 4) is 0 Å². The fourth-order valence-electron chi connectivity index (χ4n) is 1.85. The van der Waals surface area contributed by atoms with Crippen LogP contribution >= 0.6 is 0 Å². The van der Waals surface area contributed by atoms with Crippen molar-refractivity contribution in [3.63, 3.8) is 0 Å². The normalized spacial score (nSPS) is 17.2. The molecule has 1 aromatic carbocycles. The Bertz CT molecular complexity index is 452. The lowest BCUT2D eigenvalue weighted by atomic mass is 9.95. The van der Waals surface area contributed by atoms with Gasteiger partial charge in [0.15, 0.2) is 0 Å². The number of nitrogens with two attached hydrogens (primary N) is 1. The molecule has 0 aliphatic rings. The summed E-state index contributed by atoms with van der Waals surface area (Å²) in [6.45, 7) is -0.747. The predicted molar refractivity (Wildman–Crippen MR) is 69.8 cm³/mol. The molecule has 0 spiro atoms. The number of rotatable bonds is 7. The van der Waals surface area contributed by atoms with Gasteiger partial charge in [-0.15, -0.1) is 0 Å². The minimum Gasteiger partial charge on any atom is -0.394 e. The van der Waals surface area contributed by atoms with E-state index < -0.39 is 36.9 Å². The van der Waals surface area contributed by atoms with Gasteiger partial charge in [0.25, 0.3) is 0 Å². The number of hydrogen-bond acceptors (Lipinski definition) is 6. The van der Waals surface area contributed by atoms with Crippen LogP contribution in [0.1, 0.15) is 15.9 Å². The minimum atomic E-state index is -1.70. The van der Waals surface area contributed by atoms with E-state index in [0.29, 0.717) is 5.56 Å². The number of aliphatic hydroxyl groups excluding tert-OH is 5. The molecule has 4 atom stereocenters. The maximum atomic E-state index is 11.2. The molecule has 112 valence electrons. The molecule has 0 aromatic heterocycles. The van der Waals surface area contributed by atoms with Crippen molar-refractivity contribution in [2.24, 2.45) is 5.73 Å². The monoisotopic (exact) mass is 285 g/mol. The first-order valence-corrected chi connectivity index (χ1v) is 6.09. The van der Waals surface area contributed by atoms with Crippen molar-refractivity contribution in [2.75, 3.05) is 6.61 Å². The maximum absolute atomic E-state index is 11.2. The zero-order chi connectivity index (χ0) is 15.3. The zero-order valence-electron chi connectivity index (χ0n) is 10.8. The van der Waals surface area contributed by atoms with Gasteiger partial charge in [0.1, 0.15) is 18.3 Å². The van der Waals surface area contributed by atoms with Gasteiger partial charge in [-0.05, 0) is 11.6 Å². The first-order valence-electron chi connectivity index (χ1n) is 6.09. The Morgan fingerprint density at radius 3 is 2.15 bits per heavy atom. The third-order valence-electron chi connectivity index (χ3n) is 3.04. The van der Waals surface area contributed by atoms with Crippen LogP contribution in [0.5, 0.6) is 0 Å². The third-order valence-corrected chi connectivity index (χ3v) is 3.04. The summed E-state index contributed by atoms with van der Waals surface area (Å²) in [5, 5.41) is 46.9. The van der Waals surface area contributed by atoms with Crippen LogP contribution in [0.3, 0.4) is 0 Å². The molecule has 20 heavy (non-hydrogen) atoms. The summed E-state index contributed by atoms with van der Waals surface area (Å²) >= 11 is 0. The van der Waals surface area contributed by atoms with Gasteiger partial charge in [-0.3, -0.25) is 4.79 Å². The van der Waals surface area contributed by atoms with Crippen molar-refractivity contribution in [2.45, 2.75) is 30.8 Å². The van der Waals surface area contributed by atoms with E-state index in [0.717, 1.165) is 0 Å². The standard InChI is InChI=1S/C13H19NO6/c14-13(20)8-4-2-1-3-7(8)5-9(16)11(18)12(19)10(17)6-15/h1-4,9-12,15-19H,5-6H2,(H2,14,20)/t9-,10+,11+,12+/m0/s1. The fraction of sp³-hybridized carbons (Fsp3) is 0.462. The molecule has 0 unspecified atom stereocenters. The van der Waals surface area contributed by atoms with Crippen LogP contribution in [0, 0.1) is 0 Å². The summed E-state index contributed by atoms with van der Waals surface area (Å²) < 4.78 is 0. The maximum Gasteiger partial charge on any atom is 0.248 e. The van der Waals surface area contributed by atoms with Crippen LogP contribution in [0.25, 0.3) is 0 Å². The molecule has 0 fully saturated rings. The summed E-state index contributed by atoms with van der Waals surface area (Å²) in [5.74, 6) is -0.668. The molecule has 1 amide bonds. The van der Waals surface area contributed by atoms with Crippen LogP contribution in [0.2, 0.25) is 0 Å². The molecule has 0 aliphatic heterocycles. The molecule has 0 saturated heterocycles. The van der Waals surface area contributed by atoms with Crippen LogP contribution in [-0.4, -0.2) is 62.5 Å². The number of hydrogen-bond donors (Lipinski definition) is 6. The first-order chi connectivity index (χ1) is 9.38. The molecule has 1 aromatic rings. The highest BCUT2D eigenvalue weighted by molar-refractivity contribution is 5.94.